The second kappa shape index (κ2) is 1.71. The van der Waals surface area contributed by atoms with E-state index in [1.165, 1.54) is 0 Å². The number of carbonyl (C=O) groups is 1. The van der Waals surface area contributed by atoms with E-state index in [4.69, 9.17) is 9.57 Å². The van der Waals surface area contributed by atoms with Gasteiger partial charge in [0, 0.05) is 19.1 Å². The third-order valence-corrected chi connectivity index (χ3v) is 1.83. The third-order valence-electron chi connectivity index (χ3n) is 1.83. The second-order valence-corrected chi connectivity index (χ2v) is 2.46. The molecule has 0 aromatic heterocycles. The fourth-order valence-corrected chi connectivity index (χ4v) is 1.17. The maximum atomic E-state index is 11.0. The predicted octanol–water partition coefficient (Wildman–Crippen LogP) is 0.0782. The molecule has 10 heavy (non-hydrogen) atoms. The van der Waals surface area contributed by atoms with Crippen LogP contribution in [0.2, 0.25) is 0 Å². The highest BCUT2D eigenvalue weighted by Crippen LogP contribution is 2.30. The predicted molar refractivity (Wildman–Crippen MR) is 32.5 cm³/mol. The van der Waals surface area contributed by atoms with E-state index in [-0.39, 0.29) is 5.97 Å². The Morgan fingerprint density at radius 2 is 2.60 bits per heavy atom. The average molecular weight is 141 g/mol. The Kier molecular flexibility index (Phi) is 0.977. The number of esters is 1. The zero-order chi connectivity index (χ0) is 7.03. The first-order valence-electron chi connectivity index (χ1n) is 3.21. The van der Waals surface area contributed by atoms with E-state index in [2.05, 4.69) is 5.16 Å². The second-order valence-electron chi connectivity index (χ2n) is 2.46. The minimum Gasteiger partial charge on any atom is -0.462 e. The van der Waals surface area contributed by atoms with Crippen LogP contribution < -0.4 is 0 Å². The molecule has 1 atom stereocenters. The van der Waals surface area contributed by atoms with Crippen LogP contribution in [0, 0.1) is 0 Å². The number of hydrogen-bond donors (Lipinski definition) is 0. The fraction of sp³-hybridized carbons (Fsp3) is 0.667. The highest BCUT2D eigenvalue weighted by molar-refractivity contribution is 5.86. The summed E-state index contributed by atoms with van der Waals surface area (Å²) in [6.07, 6.45) is 2.80. The van der Waals surface area contributed by atoms with Crippen molar-refractivity contribution in [3.8, 4) is 0 Å². The first kappa shape index (κ1) is 5.70. The quantitative estimate of drug-likeness (QED) is 0.449. The van der Waals surface area contributed by atoms with Crippen molar-refractivity contribution >= 4 is 12.2 Å². The first-order valence-corrected chi connectivity index (χ1v) is 3.21. The van der Waals surface area contributed by atoms with Gasteiger partial charge < -0.3 is 9.57 Å². The van der Waals surface area contributed by atoms with Gasteiger partial charge in [0.05, 0.1) is 6.61 Å². The lowest BCUT2D eigenvalue weighted by Gasteiger charge is -2.13. The molecule has 4 heteroatoms. The number of nitrogens with zero attached hydrogens (tertiary/aromatic N) is 1. The van der Waals surface area contributed by atoms with Crippen molar-refractivity contribution in [2.75, 3.05) is 6.61 Å². The number of cyclic esters (lactones) is 1. The van der Waals surface area contributed by atoms with Crippen LogP contribution >= 0.6 is 0 Å². The standard InChI is InChI=1S/C6H7NO3/c8-5-6(2-4-9-5)1-3-7-10-6/h3H,1-2,4H2. The van der Waals surface area contributed by atoms with Crippen molar-refractivity contribution < 1.29 is 14.4 Å². The average Bonchev–Trinajstić information content (AvgIpc) is 2.48. The SMILES string of the molecule is O=C1OCCC12CC=NO2. The zero-order valence-electron chi connectivity index (χ0n) is 5.37. The number of carbonyl (C=O) groups excluding carboxylic acids is 1. The van der Waals surface area contributed by atoms with Gasteiger partial charge in [-0.3, -0.25) is 0 Å². The summed E-state index contributed by atoms with van der Waals surface area (Å²) in [6, 6.07) is 0. The number of rotatable bonds is 0. The van der Waals surface area contributed by atoms with Gasteiger partial charge >= 0.3 is 5.97 Å². The summed E-state index contributed by atoms with van der Waals surface area (Å²) in [5.41, 5.74) is -0.736. The normalized spacial score (nSPS) is 36.6. The molecule has 2 aliphatic heterocycles. The van der Waals surface area contributed by atoms with Gasteiger partial charge in [0.1, 0.15) is 0 Å². The number of ether oxygens (including phenoxy) is 1. The van der Waals surface area contributed by atoms with Crippen LogP contribution in [-0.4, -0.2) is 24.4 Å². The van der Waals surface area contributed by atoms with Crippen LogP contribution in [0.4, 0.5) is 0 Å². The molecule has 2 rings (SSSR count). The van der Waals surface area contributed by atoms with Gasteiger partial charge in [-0.25, -0.2) is 4.79 Å². The lowest BCUT2D eigenvalue weighted by molar-refractivity contribution is -0.155. The van der Waals surface area contributed by atoms with E-state index in [9.17, 15) is 4.79 Å². The fourth-order valence-electron chi connectivity index (χ4n) is 1.17. The zero-order valence-corrected chi connectivity index (χ0v) is 5.37. The van der Waals surface area contributed by atoms with Crippen LogP contribution in [-0.2, 0) is 14.4 Å². The van der Waals surface area contributed by atoms with Gasteiger partial charge in [0.2, 0.25) is 5.60 Å². The van der Waals surface area contributed by atoms with Crippen LogP contribution in [0.25, 0.3) is 0 Å². The van der Waals surface area contributed by atoms with Crippen molar-refractivity contribution in [1.82, 2.24) is 0 Å². The summed E-state index contributed by atoms with van der Waals surface area (Å²) in [7, 11) is 0. The molecular weight excluding hydrogens is 134 g/mol. The first-order chi connectivity index (χ1) is 4.83. The lowest BCUT2D eigenvalue weighted by atomic mass is 10.00. The molecule has 0 N–H and O–H groups in total. The summed E-state index contributed by atoms with van der Waals surface area (Å²) in [6.45, 7) is 0.461. The monoisotopic (exact) mass is 141 g/mol. The van der Waals surface area contributed by atoms with Gasteiger partial charge in [-0.15, -0.1) is 0 Å². The molecule has 1 saturated heterocycles. The molecule has 0 aromatic rings. The Bertz CT molecular complexity index is 191. The lowest BCUT2D eigenvalue weighted by Crippen LogP contribution is -2.33. The maximum Gasteiger partial charge on any atom is 0.353 e. The Balaban J connectivity index is 2.22. The van der Waals surface area contributed by atoms with Gasteiger partial charge in [0.25, 0.3) is 0 Å². The van der Waals surface area contributed by atoms with E-state index < -0.39 is 5.60 Å². The molecule has 0 bridgehead atoms. The molecular formula is C6H7NO3. The Morgan fingerprint density at radius 3 is 3.10 bits per heavy atom. The van der Waals surface area contributed by atoms with Gasteiger partial charge in [-0.2, -0.15) is 0 Å². The molecule has 0 amide bonds. The van der Waals surface area contributed by atoms with Crippen LogP contribution in [0.1, 0.15) is 12.8 Å². The van der Waals surface area contributed by atoms with Crippen LogP contribution in [0.3, 0.4) is 0 Å². The van der Waals surface area contributed by atoms with Gasteiger partial charge in [-0.05, 0) is 0 Å². The molecule has 0 aliphatic carbocycles. The molecule has 1 unspecified atom stereocenters. The Labute approximate surface area is 57.8 Å². The van der Waals surface area contributed by atoms with Crippen molar-refractivity contribution in [1.29, 1.82) is 0 Å². The van der Waals surface area contributed by atoms with E-state index in [0.717, 1.165) is 0 Å². The third kappa shape index (κ3) is 0.558. The topological polar surface area (TPSA) is 47.9 Å². The molecule has 2 aliphatic rings. The Hall–Kier alpha value is -1.06. The van der Waals surface area contributed by atoms with Gasteiger partial charge in [0.15, 0.2) is 0 Å². The maximum absolute atomic E-state index is 11.0. The van der Waals surface area contributed by atoms with E-state index >= 15 is 0 Å². The molecule has 54 valence electrons. The summed E-state index contributed by atoms with van der Waals surface area (Å²) >= 11 is 0. The largest absolute Gasteiger partial charge is 0.462 e. The Morgan fingerprint density at radius 1 is 1.70 bits per heavy atom. The molecule has 4 nitrogen and oxygen atoms in total. The number of hydrogen-bond acceptors (Lipinski definition) is 4. The summed E-state index contributed by atoms with van der Waals surface area (Å²) in [5, 5.41) is 3.54. The minimum absolute atomic E-state index is 0.273. The smallest absolute Gasteiger partial charge is 0.353 e. The minimum atomic E-state index is -0.736. The van der Waals surface area contributed by atoms with Crippen molar-refractivity contribution in [2.45, 2.75) is 18.4 Å². The number of oxime groups is 1. The summed E-state index contributed by atoms with van der Waals surface area (Å²) in [4.78, 5) is 15.9. The molecule has 0 aromatic carbocycles. The van der Waals surface area contributed by atoms with E-state index in [1.54, 1.807) is 6.21 Å². The van der Waals surface area contributed by atoms with Crippen LogP contribution in [0.5, 0.6) is 0 Å². The van der Waals surface area contributed by atoms with E-state index in [1.807, 2.05) is 0 Å². The van der Waals surface area contributed by atoms with Crippen molar-refractivity contribution in [2.24, 2.45) is 5.16 Å². The summed E-state index contributed by atoms with van der Waals surface area (Å²) < 4.78 is 4.75. The van der Waals surface area contributed by atoms with Crippen molar-refractivity contribution in [3.05, 3.63) is 0 Å². The van der Waals surface area contributed by atoms with Crippen LogP contribution in [0.15, 0.2) is 5.16 Å². The van der Waals surface area contributed by atoms with Gasteiger partial charge in [-0.1, -0.05) is 5.16 Å². The molecule has 2 heterocycles. The highest BCUT2D eigenvalue weighted by atomic mass is 16.7. The highest BCUT2D eigenvalue weighted by Gasteiger charge is 2.49. The molecule has 0 radical (unpaired) electrons. The molecule has 1 fully saturated rings. The molecule has 1 spiro atoms. The molecule has 0 saturated carbocycles. The van der Waals surface area contributed by atoms with Crippen molar-refractivity contribution in [3.63, 3.8) is 0 Å². The summed E-state index contributed by atoms with van der Waals surface area (Å²) in [5.74, 6) is -0.273. The van der Waals surface area contributed by atoms with E-state index in [0.29, 0.717) is 19.4 Å².